The second kappa shape index (κ2) is 5.30. The van der Waals surface area contributed by atoms with Gasteiger partial charge in [-0.05, 0) is 40.9 Å². The van der Waals surface area contributed by atoms with Crippen LogP contribution in [0.5, 0.6) is 0 Å². The normalized spacial score (nSPS) is 10.9. The molecule has 86 valence electrons. The average molecular weight is 236 g/mol. The van der Waals surface area contributed by atoms with Crippen LogP contribution in [0.4, 0.5) is 0 Å². The van der Waals surface area contributed by atoms with Gasteiger partial charge in [0, 0.05) is 6.54 Å². The van der Waals surface area contributed by atoms with Crippen molar-refractivity contribution >= 4 is 11.3 Å². The van der Waals surface area contributed by atoms with Crippen molar-refractivity contribution in [2.24, 2.45) is 5.73 Å². The molecule has 0 saturated heterocycles. The number of hydrogen-bond donors (Lipinski definition) is 2. The third-order valence-electron chi connectivity index (χ3n) is 2.49. The molecule has 0 aliphatic heterocycles. The minimum Gasteiger partial charge on any atom is -0.463 e. The van der Waals surface area contributed by atoms with E-state index in [0.29, 0.717) is 6.54 Å². The van der Waals surface area contributed by atoms with Crippen LogP contribution < -0.4 is 11.1 Å². The predicted molar refractivity (Wildman–Crippen MR) is 66.2 cm³/mol. The second-order valence-electron chi connectivity index (χ2n) is 3.76. The van der Waals surface area contributed by atoms with Gasteiger partial charge in [0.1, 0.15) is 11.5 Å². The first kappa shape index (κ1) is 11.4. The van der Waals surface area contributed by atoms with Crippen molar-refractivity contribution in [1.29, 1.82) is 0 Å². The Morgan fingerprint density at radius 2 is 2.06 bits per heavy atom. The van der Waals surface area contributed by atoms with Crippen molar-refractivity contribution in [2.75, 3.05) is 0 Å². The molecule has 0 amide bonds. The summed E-state index contributed by atoms with van der Waals surface area (Å²) in [6.45, 7) is 4.22. The van der Waals surface area contributed by atoms with Crippen LogP contribution in [0.1, 0.15) is 22.6 Å². The summed E-state index contributed by atoms with van der Waals surface area (Å²) in [7, 11) is 0. The Kier molecular flexibility index (Phi) is 3.77. The fourth-order valence-corrected chi connectivity index (χ4v) is 2.37. The summed E-state index contributed by atoms with van der Waals surface area (Å²) < 4.78 is 5.50. The van der Waals surface area contributed by atoms with Crippen LogP contribution in [0.2, 0.25) is 0 Å². The molecule has 0 unspecified atom stereocenters. The highest BCUT2D eigenvalue weighted by Gasteiger charge is 2.01. The minimum atomic E-state index is 0.462. The van der Waals surface area contributed by atoms with Crippen molar-refractivity contribution in [1.82, 2.24) is 5.32 Å². The van der Waals surface area contributed by atoms with Crippen LogP contribution in [-0.2, 0) is 19.6 Å². The number of furan rings is 1. The molecule has 2 aromatic heterocycles. The van der Waals surface area contributed by atoms with E-state index in [2.05, 4.69) is 23.0 Å². The summed E-state index contributed by atoms with van der Waals surface area (Å²) in [5.41, 5.74) is 8.18. The van der Waals surface area contributed by atoms with Gasteiger partial charge in [-0.1, -0.05) is 0 Å². The molecular weight excluding hydrogens is 220 g/mol. The molecule has 0 aliphatic carbocycles. The number of rotatable bonds is 5. The number of aryl methyl sites for hydroxylation is 1. The predicted octanol–water partition coefficient (Wildman–Crippen LogP) is 2.40. The third-order valence-corrected chi connectivity index (χ3v) is 3.41. The van der Waals surface area contributed by atoms with Crippen molar-refractivity contribution in [2.45, 2.75) is 26.6 Å². The zero-order valence-electron chi connectivity index (χ0n) is 9.32. The molecular formula is C12H16N2OS. The Morgan fingerprint density at radius 3 is 2.69 bits per heavy atom. The van der Waals surface area contributed by atoms with E-state index in [0.717, 1.165) is 24.6 Å². The summed E-state index contributed by atoms with van der Waals surface area (Å²) in [4.78, 5) is 0. The van der Waals surface area contributed by atoms with E-state index in [1.165, 1.54) is 11.1 Å². The van der Waals surface area contributed by atoms with Crippen LogP contribution in [0, 0.1) is 6.92 Å². The zero-order chi connectivity index (χ0) is 11.4. The SMILES string of the molecule is Cc1cscc1CNCc1ccc(CN)o1. The number of hydrogen-bond acceptors (Lipinski definition) is 4. The van der Waals surface area contributed by atoms with E-state index in [-0.39, 0.29) is 0 Å². The molecule has 2 aromatic rings. The Balaban J connectivity index is 1.82. The molecule has 0 saturated carbocycles. The quantitative estimate of drug-likeness (QED) is 0.838. The molecule has 0 aromatic carbocycles. The fraction of sp³-hybridized carbons (Fsp3) is 0.333. The minimum absolute atomic E-state index is 0.462. The molecule has 0 spiro atoms. The van der Waals surface area contributed by atoms with E-state index in [1.54, 1.807) is 11.3 Å². The van der Waals surface area contributed by atoms with E-state index in [1.807, 2.05) is 12.1 Å². The molecule has 3 nitrogen and oxygen atoms in total. The van der Waals surface area contributed by atoms with E-state index in [9.17, 15) is 0 Å². The lowest BCUT2D eigenvalue weighted by molar-refractivity contribution is 0.448. The number of thiophene rings is 1. The van der Waals surface area contributed by atoms with E-state index < -0.39 is 0 Å². The first-order chi connectivity index (χ1) is 7.79. The second-order valence-corrected chi connectivity index (χ2v) is 4.50. The van der Waals surface area contributed by atoms with Gasteiger partial charge in [-0.2, -0.15) is 11.3 Å². The molecule has 3 N–H and O–H groups in total. The monoisotopic (exact) mass is 236 g/mol. The molecule has 0 fully saturated rings. The van der Waals surface area contributed by atoms with Crippen molar-refractivity contribution < 1.29 is 4.42 Å². The van der Waals surface area contributed by atoms with Gasteiger partial charge in [-0.25, -0.2) is 0 Å². The van der Waals surface area contributed by atoms with Crippen molar-refractivity contribution in [3.63, 3.8) is 0 Å². The summed E-state index contributed by atoms with van der Waals surface area (Å²) in [5.74, 6) is 1.77. The Labute approximate surface area is 99.3 Å². The first-order valence-electron chi connectivity index (χ1n) is 5.29. The van der Waals surface area contributed by atoms with Crippen LogP contribution in [0.3, 0.4) is 0 Å². The lowest BCUT2D eigenvalue weighted by Gasteiger charge is -2.02. The molecule has 2 heterocycles. The lowest BCUT2D eigenvalue weighted by Crippen LogP contribution is -2.12. The van der Waals surface area contributed by atoms with Gasteiger partial charge in [0.15, 0.2) is 0 Å². The highest BCUT2D eigenvalue weighted by atomic mass is 32.1. The largest absolute Gasteiger partial charge is 0.463 e. The average Bonchev–Trinajstić information content (AvgIpc) is 2.89. The number of nitrogens with one attached hydrogen (secondary N) is 1. The van der Waals surface area contributed by atoms with Crippen LogP contribution >= 0.6 is 11.3 Å². The van der Waals surface area contributed by atoms with Crippen LogP contribution in [-0.4, -0.2) is 0 Å². The zero-order valence-corrected chi connectivity index (χ0v) is 10.1. The van der Waals surface area contributed by atoms with Crippen molar-refractivity contribution in [3.8, 4) is 0 Å². The molecule has 0 atom stereocenters. The molecule has 2 rings (SSSR count). The molecule has 0 aliphatic rings. The Morgan fingerprint density at radius 1 is 1.25 bits per heavy atom. The standard InChI is InChI=1S/C12H16N2OS/c1-9-7-16-8-10(9)5-14-6-12-3-2-11(4-13)15-12/h2-3,7-8,14H,4-6,13H2,1H3. The summed E-state index contributed by atoms with van der Waals surface area (Å²) in [5, 5.41) is 7.69. The van der Waals surface area contributed by atoms with Crippen LogP contribution in [0.15, 0.2) is 27.3 Å². The maximum absolute atomic E-state index is 5.50. The number of nitrogens with two attached hydrogens (primary N) is 1. The van der Waals surface area contributed by atoms with Gasteiger partial charge >= 0.3 is 0 Å². The molecule has 16 heavy (non-hydrogen) atoms. The third kappa shape index (κ3) is 2.72. The molecule has 4 heteroatoms. The highest BCUT2D eigenvalue weighted by molar-refractivity contribution is 7.08. The van der Waals surface area contributed by atoms with Gasteiger partial charge in [-0.3, -0.25) is 0 Å². The summed E-state index contributed by atoms with van der Waals surface area (Å²) in [6.07, 6.45) is 0. The first-order valence-corrected chi connectivity index (χ1v) is 6.24. The lowest BCUT2D eigenvalue weighted by atomic mass is 10.2. The Hall–Kier alpha value is -1.10. The van der Waals surface area contributed by atoms with E-state index >= 15 is 0 Å². The van der Waals surface area contributed by atoms with Crippen molar-refractivity contribution in [3.05, 3.63) is 45.5 Å². The summed E-state index contributed by atoms with van der Waals surface area (Å²) in [6, 6.07) is 3.89. The maximum atomic E-state index is 5.50. The molecule has 0 radical (unpaired) electrons. The Bertz CT molecular complexity index is 447. The topological polar surface area (TPSA) is 51.2 Å². The van der Waals surface area contributed by atoms with Gasteiger partial charge in [0.2, 0.25) is 0 Å². The van der Waals surface area contributed by atoms with Gasteiger partial charge in [-0.15, -0.1) is 0 Å². The highest BCUT2D eigenvalue weighted by Crippen LogP contribution is 2.13. The van der Waals surface area contributed by atoms with E-state index in [4.69, 9.17) is 10.2 Å². The maximum Gasteiger partial charge on any atom is 0.118 e. The van der Waals surface area contributed by atoms with Gasteiger partial charge in [0.05, 0.1) is 13.1 Å². The van der Waals surface area contributed by atoms with Crippen LogP contribution in [0.25, 0.3) is 0 Å². The smallest absolute Gasteiger partial charge is 0.118 e. The molecule has 0 bridgehead atoms. The van der Waals surface area contributed by atoms with Gasteiger partial charge in [0.25, 0.3) is 0 Å². The van der Waals surface area contributed by atoms with Gasteiger partial charge < -0.3 is 15.5 Å². The summed E-state index contributed by atoms with van der Waals surface area (Å²) >= 11 is 1.74. The fourth-order valence-electron chi connectivity index (χ4n) is 1.52.